The summed E-state index contributed by atoms with van der Waals surface area (Å²) in [7, 11) is -2.55. The lowest BCUT2D eigenvalue weighted by Crippen LogP contribution is -2.14. The lowest BCUT2D eigenvalue weighted by molar-refractivity contribution is 0.288. The van der Waals surface area contributed by atoms with Gasteiger partial charge in [0.1, 0.15) is 28.8 Å². The van der Waals surface area contributed by atoms with Crippen LogP contribution in [0.3, 0.4) is 0 Å². The number of methoxy groups -OCH3 is 1. The molecule has 0 aliphatic rings. The summed E-state index contributed by atoms with van der Waals surface area (Å²) in [4.78, 5) is -0.391. The van der Waals surface area contributed by atoms with E-state index in [1.807, 2.05) is 0 Å². The zero-order valence-corrected chi connectivity index (χ0v) is 12.1. The fourth-order valence-corrected chi connectivity index (χ4v) is 2.49. The molecule has 0 unspecified atom stereocenters. The molecule has 0 aliphatic carbocycles. The molecule has 0 bridgehead atoms. The van der Waals surface area contributed by atoms with Crippen molar-refractivity contribution in [2.24, 2.45) is 5.14 Å². The van der Waals surface area contributed by atoms with Crippen LogP contribution in [0.15, 0.2) is 47.4 Å². The molecule has 21 heavy (non-hydrogen) atoms. The van der Waals surface area contributed by atoms with Crippen LogP contribution in [0.2, 0.25) is 0 Å². The number of para-hydroxylation sites is 1. The fourth-order valence-electron chi connectivity index (χ4n) is 1.80. The molecule has 0 heterocycles. The number of primary sulfonamides is 1. The van der Waals surface area contributed by atoms with Gasteiger partial charge in [-0.1, -0.05) is 18.2 Å². The van der Waals surface area contributed by atoms with Crippen molar-refractivity contribution in [3.8, 4) is 11.5 Å². The molecular weight excluding hydrogens is 297 g/mol. The number of benzene rings is 2. The molecule has 5 nitrogen and oxygen atoms in total. The predicted octanol–water partition coefficient (Wildman–Crippen LogP) is 2.06. The van der Waals surface area contributed by atoms with Crippen LogP contribution in [-0.2, 0) is 16.6 Å². The number of nitrogens with two attached hydrogens (primary N) is 1. The van der Waals surface area contributed by atoms with Gasteiger partial charge in [-0.2, -0.15) is 0 Å². The highest BCUT2D eigenvalue weighted by Crippen LogP contribution is 2.26. The van der Waals surface area contributed by atoms with Gasteiger partial charge in [0.15, 0.2) is 0 Å². The lowest BCUT2D eigenvalue weighted by Gasteiger charge is -2.12. The molecule has 2 aromatic carbocycles. The van der Waals surface area contributed by atoms with Gasteiger partial charge >= 0.3 is 0 Å². The monoisotopic (exact) mass is 311 g/mol. The quantitative estimate of drug-likeness (QED) is 0.916. The Bertz CT molecular complexity index is 746. The van der Waals surface area contributed by atoms with E-state index in [0.29, 0.717) is 5.75 Å². The maximum absolute atomic E-state index is 13.2. The van der Waals surface area contributed by atoms with Crippen LogP contribution in [0, 0.1) is 5.82 Å². The second-order valence-electron chi connectivity index (χ2n) is 4.24. The van der Waals surface area contributed by atoms with E-state index in [4.69, 9.17) is 14.6 Å². The van der Waals surface area contributed by atoms with Crippen molar-refractivity contribution in [3.63, 3.8) is 0 Å². The van der Waals surface area contributed by atoms with Crippen LogP contribution in [0.1, 0.15) is 5.56 Å². The van der Waals surface area contributed by atoms with Crippen molar-refractivity contribution in [1.29, 1.82) is 0 Å². The summed E-state index contributed by atoms with van der Waals surface area (Å²) in [6.45, 7) is 0.0676. The van der Waals surface area contributed by atoms with Crippen LogP contribution in [-0.4, -0.2) is 15.5 Å². The van der Waals surface area contributed by atoms with Crippen LogP contribution >= 0.6 is 0 Å². The molecule has 0 aliphatic heterocycles. The summed E-state index contributed by atoms with van der Waals surface area (Å²) in [5.74, 6) is -0.106. The van der Waals surface area contributed by atoms with Crippen molar-refractivity contribution in [2.75, 3.05) is 7.11 Å². The molecule has 0 aromatic heterocycles. The van der Waals surface area contributed by atoms with Crippen molar-refractivity contribution >= 4 is 10.0 Å². The van der Waals surface area contributed by atoms with E-state index in [0.717, 1.165) is 17.7 Å². The maximum atomic E-state index is 13.2. The Hall–Kier alpha value is -2.12. The molecule has 0 fully saturated rings. The first-order chi connectivity index (χ1) is 9.91. The zero-order valence-electron chi connectivity index (χ0n) is 11.2. The lowest BCUT2D eigenvalue weighted by atomic mass is 10.2. The minimum atomic E-state index is -4.07. The third kappa shape index (κ3) is 3.71. The van der Waals surface area contributed by atoms with Gasteiger partial charge in [0.05, 0.1) is 7.11 Å². The second-order valence-corrected chi connectivity index (χ2v) is 5.77. The van der Waals surface area contributed by atoms with Gasteiger partial charge in [-0.25, -0.2) is 17.9 Å². The standard InChI is InChI=1S/C14H14FNO4S/c1-19-12-5-3-2-4-10(12)9-20-13-7-6-11(15)8-14(13)21(16,17)18/h2-8H,9H2,1H3,(H2,16,17,18). The summed E-state index contributed by atoms with van der Waals surface area (Å²) in [6.07, 6.45) is 0. The number of sulfonamides is 1. The van der Waals surface area contributed by atoms with E-state index < -0.39 is 20.7 Å². The Morgan fingerprint density at radius 3 is 2.52 bits per heavy atom. The van der Waals surface area contributed by atoms with Gasteiger partial charge < -0.3 is 9.47 Å². The molecule has 112 valence electrons. The maximum Gasteiger partial charge on any atom is 0.241 e. The van der Waals surface area contributed by atoms with E-state index in [1.165, 1.54) is 13.2 Å². The molecule has 0 radical (unpaired) electrons. The number of hydrogen-bond acceptors (Lipinski definition) is 4. The van der Waals surface area contributed by atoms with E-state index in [9.17, 15) is 12.8 Å². The first-order valence-electron chi connectivity index (χ1n) is 5.99. The Kier molecular flexibility index (Phi) is 4.44. The average molecular weight is 311 g/mol. The molecule has 2 rings (SSSR count). The van der Waals surface area contributed by atoms with E-state index in [-0.39, 0.29) is 12.4 Å². The Morgan fingerprint density at radius 1 is 1.14 bits per heavy atom. The molecule has 0 spiro atoms. The Labute approximate surface area is 122 Å². The molecule has 0 atom stereocenters. The Balaban J connectivity index is 2.29. The van der Waals surface area contributed by atoms with E-state index in [1.54, 1.807) is 24.3 Å². The number of halogens is 1. The van der Waals surface area contributed by atoms with Crippen molar-refractivity contribution in [1.82, 2.24) is 0 Å². The molecular formula is C14H14FNO4S. The number of rotatable bonds is 5. The van der Waals surface area contributed by atoms with Crippen LogP contribution in [0.25, 0.3) is 0 Å². The highest BCUT2D eigenvalue weighted by molar-refractivity contribution is 7.89. The third-order valence-electron chi connectivity index (χ3n) is 2.79. The highest BCUT2D eigenvalue weighted by Gasteiger charge is 2.17. The van der Waals surface area contributed by atoms with Crippen molar-refractivity contribution < 1.29 is 22.3 Å². The summed E-state index contributed by atoms with van der Waals surface area (Å²) < 4.78 is 46.7. The zero-order chi connectivity index (χ0) is 15.5. The van der Waals surface area contributed by atoms with E-state index in [2.05, 4.69) is 0 Å². The topological polar surface area (TPSA) is 78.6 Å². The first kappa shape index (κ1) is 15.3. The van der Waals surface area contributed by atoms with Gasteiger partial charge in [0.25, 0.3) is 0 Å². The minimum Gasteiger partial charge on any atom is -0.496 e. The van der Waals surface area contributed by atoms with Gasteiger partial charge in [0.2, 0.25) is 10.0 Å². The largest absolute Gasteiger partial charge is 0.496 e. The normalized spacial score (nSPS) is 11.2. The summed E-state index contributed by atoms with van der Waals surface area (Å²) >= 11 is 0. The van der Waals surface area contributed by atoms with Gasteiger partial charge in [-0.15, -0.1) is 0 Å². The number of hydrogen-bond donors (Lipinski definition) is 1. The highest BCUT2D eigenvalue weighted by atomic mass is 32.2. The smallest absolute Gasteiger partial charge is 0.241 e. The van der Waals surface area contributed by atoms with Crippen LogP contribution < -0.4 is 14.6 Å². The van der Waals surface area contributed by atoms with Crippen LogP contribution in [0.4, 0.5) is 4.39 Å². The SMILES string of the molecule is COc1ccccc1COc1ccc(F)cc1S(N)(=O)=O. The van der Waals surface area contributed by atoms with Crippen molar-refractivity contribution in [2.45, 2.75) is 11.5 Å². The van der Waals surface area contributed by atoms with Crippen molar-refractivity contribution in [3.05, 3.63) is 53.8 Å². The molecule has 2 N–H and O–H groups in total. The molecule has 0 amide bonds. The summed E-state index contributed by atoms with van der Waals surface area (Å²) in [5, 5.41) is 5.05. The molecule has 0 saturated carbocycles. The molecule has 2 aromatic rings. The van der Waals surface area contributed by atoms with Gasteiger partial charge in [0, 0.05) is 5.56 Å². The fraction of sp³-hybridized carbons (Fsp3) is 0.143. The third-order valence-corrected chi connectivity index (χ3v) is 3.72. The average Bonchev–Trinajstić information content (AvgIpc) is 2.45. The predicted molar refractivity (Wildman–Crippen MR) is 75.1 cm³/mol. The van der Waals surface area contributed by atoms with Crippen LogP contribution in [0.5, 0.6) is 11.5 Å². The van der Waals surface area contributed by atoms with Gasteiger partial charge in [-0.05, 0) is 24.3 Å². The minimum absolute atomic E-state index is 0.00944. The molecule has 0 saturated heterocycles. The first-order valence-corrected chi connectivity index (χ1v) is 7.53. The second kappa shape index (κ2) is 6.11. The summed E-state index contributed by atoms with van der Waals surface area (Å²) in [6, 6.07) is 10.3. The number of ether oxygens (including phenoxy) is 2. The molecule has 7 heteroatoms. The Morgan fingerprint density at radius 2 is 1.86 bits per heavy atom. The van der Waals surface area contributed by atoms with Gasteiger partial charge in [-0.3, -0.25) is 0 Å². The van der Waals surface area contributed by atoms with E-state index >= 15 is 0 Å². The summed E-state index contributed by atoms with van der Waals surface area (Å²) in [5.41, 5.74) is 0.727.